The van der Waals surface area contributed by atoms with Crippen LogP contribution in [0.3, 0.4) is 0 Å². The van der Waals surface area contributed by atoms with Crippen LogP contribution in [-0.4, -0.2) is 44.4 Å². The Morgan fingerprint density at radius 2 is 2.08 bits per heavy atom. The number of rotatable bonds is 4. The Labute approximate surface area is 145 Å². The normalized spacial score (nSPS) is 22.1. The first-order valence-electron chi connectivity index (χ1n) is 8.89. The second kappa shape index (κ2) is 6.80. The number of aromatic nitrogens is 3. The van der Waals surface area contributed by atoms with E-state index in [0.717, 1.165) is 75.2 Å². The molecule has 0 spiro atoms. The van der Waals surface area contributed by atoms with Crippen molar-refractivity contribution in [3.8, 4) is 0 Å². The van der Waals surface area contributed by atoms with Crippen LogP contribution < -0.4 is 0 Å². The van der Waals surface area contributed by atoms with Crippen molar-refractivity contribution in [3.05, 3.63) is 47.0 Å². The van der Waals surface area contributed by atoms with E-state index in [4.69, 9.17) is 0 Å². The maximum atomic E-state index is 13.9. The minimum atomic E-state index is -1.04. The van der Waals surface area contributed by atoms with Gasteiger partial charge in [-0.15, -0.1) is 10.2 Å². The van der Waals surface area contributed by atoms with E-state index in [2.05, 4.69) is 19.7 Å². The van der Waals surface area contributed by atoms with Crippen molar-refractivity contribution < 1.29 is 13.9 Å². The number of aliphatic hydroxyl groups is 1. The Balaban J connectivity index is 1.45. The Kier molecular flexibility index (Phi) is 4.52. The first-order chi connectivity index (χ1) is 12.1. The van der Waals surface area contributed by atoms with E-state index in [1.807, 2.05) is 0 Å². The zero-order valence-electron chi connectivity index (χ0n) is 14.0. The molecule has 134 valence electrons. The van der Waals surface area contributed by atoms with Gasteiger partial charge in [0.2, 0.25) is 0 Å². The summed E-state index contributed by atoms with van der Waals surface area (Å²) in [6.45, 7) is 2.86. The summed E-state index contributed by atoms with van der Waals surface area (Å²) in [5.74, 6) is 1.26. The molecule has 0 saturated carbocycles. The van der Waals surface area contributed by atoms with Gasteiger partial charge in [0.15, 0.2) is 0 Å². The highest BCUT2D eigenvalue weighted by atomic mass is 19.1. The van der Waals surface area contributed by atoms with E-state index in [-0.39, 0.29) is 18.0 Å². The minimum Gasteiger partial charge on any atom is -0.387 e. The molecule has 2 unspecified atom stereocenters. The molecule has 1 aromatic carbocycles. The molecule has 25 heavy (non-hydrogen) atoms. The smallest absolute Gasteiger partial charge is 0.137 e. The van der Waals surface area contributed by atoms with Crippen molar-refractivity contribution in [1.29, 1.82) is 0 Å². The molecule has 1 fully saturated rings. The lowest BCUT2D eigenvalue weighted by Crippen LogP contribution is -2.38. The number of halogens is 2. The fourth-order valence-corrected chi connectivity index (χ4v) is 4.02. The van der Waals surface area contributed by atoms with E-state index < -0.39 is 17.7 Å². The van der Waals surface area contributed by atoms with Crippen molar-refractivity contribution in [1.82, 2.24) is 19.7 Å². The zero-order valence-corrected chi connectivity index (χ0v) is 14.0. The molecule has 1 saturated heterocycles. The number of β-amino-alcohol motifs (C(OH)–C–C–N with tert-alkyl or cyclic N) is 1. The van der Waals surface area contributed by atoms with Crippen LogP contribution in [0.5, 0.6) is 0 Å². The summed E-state index contributed by atoms with van der Waals surface area (Å²) < 4.78 is 29.4. The Morgan fingerprint density at radius 3 is 2.96 bits per heavy atom. The van der Waals surface area contributed by atoms with Gasteiger partial charge in [-0.2, -0.15) is 0 Å². The van der Waals surface area contributed by atoms with Gasteiger partial charge in [0.05, 0.1) is 6.10 Å². The van der Waals surface area contributed by atoms with Crippen LogP contribution in [0.15, 0.2) is 18.2 Å². The van der Waals surface area contributed by atoms with Gasteiger partial charge in [-0.3, -0.25) is 4.90 Å². The molecule has 1 N–H and O–H groups in total. The zero-order chi connectivity index (χ0) is 17.4. The van der Waals surface area contributed by atoms with Gasteiger partial charge in [0, 0.05) is 37.5 Å². The average Bonchev–Trinajstić information content (AvgIpc) is 3.20. The number of hydrogen-bond donors (Lipinski definition) is 1. The first kappa shape index (κ1) is 16.6. The summed E-state index contributed by atoms with van der Waals surface area (Å²) in [6.07, 6.45) is 3.09. The predicted molar refractivity (Wildman–Crippen MR) is 88.1 cm³/mol. The third kappa shape index (κ3) is 3.30. The van der Waals surface area contributed by atoms with E-state index in [1.54, 1.807) is 0 Å². The predicted octanol–water partition coefficient (Wildman–Crippen LogP) is 2.42. The Bertz CT molecular complexity index is 764. The van der Waals surface area contributed by atoms with Crippen molar-refractivity contribution >= 4 is 0 Å². The SMILES string of the molecule is OC(CN1CCCC(c2nnc3n2CCC3)C1)c1cc(F)ccc1F. The van der Waals surface area contributed by atoms with Gasteiger partial charge >= 0.3 is 0 Å². The number of nitrogens with zero attached hydrogens (tertiary/aromatic N) is 4. The molecule has 1 aromatic heterocycles. The maximum absolute atomic E-state index is 13.9. The monoisotopic (exact) mass is 348 g/mol. The first-order valence-corrected chi connectivity index (χ1v) is 8.89. The summed E-state index contributed by atoms with van der Waals surface area (Å²) in [7, 11) is 0. The summed E-state index contributed by atoms with van der Waals surface area (Å²) in [5.41, 5.74) is 0.0190. The molecule has 4 rings (SSSR count). The van der Waals surface area contributed by atoms with Gasteiger partial charge < -0.3 is 9.67 Å². The topological polar surface area (TPSA) is 54.2 Å². The van der Waals surface area contributed by atoms with Crippen LogP contribution in [-0.2, 0) is 13.0 Å². The molecule has 2 aliphatic rings. The highest BCUT2D eigenvalue weighted by molar-refractivity contribution is 5.21. The number of aliphatic hydroxyl groups excluding tert-OH is 1. The van der Waals surface area contributed by atoms with Gasteiger partial charge in [-0.1, -0.05) is 0 Å². The molecule has 2 aliphatic heterocycles. The third-order valence-electron chi connectivity index (χ3n) is 5.26. The van der Waals surface area contributed by atoms with Crippen molar-refractivity contribution in [2.24, 2.45) is 0 Å². The number of hydrogen-bond acceptors (Lipinski definition) is 4. The van der Waals surface area contributed by atoms with E-state index in [0.29, 0.717) is 0 Å². The highest BCUT2D eigenvalue weighted by Crippen LogP contribution is 2.29. The van der Waals surface area contributed by atoms with Gasteiger partial charge in [0.25, 0.3) is 0 Å². The summed E-state index contributed by atoms with van der Waals surface area (Å²) in [6, 6.07) is 3.20. The lowest BCUT2D eigenvalue weighted by atomic mass is 9.96. The van der Waals surface area contributed by atoms with Crippen LogP contribution in [0.2, 0.25) is 0 Å². The lowest BCUT2D eigenvalue weighted by Gasteiger charge is -2.33. The summed E-state index contributed by atoms with van der Waals surface area (Å²) >= 11 is 0. The second-order valence-corrected chi connectivity index (χ2v) is 7.01. The quantitative estimate of drug-likeness (QED) is 0.922. The van der Waals surface area contributed by atoms with Crippen LogP contribution >= 0.6 is 0 Å². The summed E-state index contributed by atoms with van der Waals surface area (Å²) in [5, 5.41) is 19.0. The molecular weight excluding hydrogens is 326 g/mol. The number of aryl methyl sites for hydroxylation is 1. The van der Waals surface area contributed by atoms with Crippen molar-refractivity contribution in [3.63, 3.8) is 0 Å². The fourth-order valence-electron chi connectivity index (χ4n) is 4.02. The molecule has 0 aliphatic carbocycles. The lowest BCUT2D eigenvalue weighted by molar-refractivity contribution is 0.0914. The number of benzene rings is 1. The van der Waals surface area contributed by atoms with Crippen LogP contribution in [0.1, 0.15) is 48.5 Å². The van der Waals surface area contributed by atoms with Crippen LogP contribution in [0, 0.1) is 11.6 Å². The second-order valence-electron chi connectivity index (χ2n) is 7.01. The highest BCUT2D eigenvalue weighted by Gasteiger charge is 2.29. The average molecular weight is 348 g/mol. The van der Waals surface area contributed by atoms with Crippen LogP contribution in [0.4, 0.5) is 8.78 Å². The standard InChI is InChI=1S/C18H22F2N4O/c19-13-5-6-15(20)14(9-13)16(25)11-23-7-1-3-12(10-23)18-22-21-17-4-2-8-24(17)18/h5-6,9,12,16,25H,1-4,7-8,10-11H2. The Hall–Kier alpha value is -1.86. The molecule has 5 nitrogen and oxygen atoms in total. The molecule has 7 heteroatoms. The largest absolute Gasteiger partial charge is 0.387 e. The molecule has 0 radical (unpaired) electrons. The van der Waals surface area contributed by atoms with Gasteiger partial charge in [-0.25, -0.2) is 8.78 Å². The molecular formula is C18H22F2N4O. The maximum Gasteiger partial charge on any atom is 0.137 e. The molecule has 2 atom stereocenters. The molecule has 2 aromatic rings. The molecule has 0 bridgehead atoms. The summed E-state index contributed by atoms with van der Waals surface area (Å²) in [4.78, 5) is 2.11. The third-order valence-corrected chi connectivity index (χ3v) is 5.26. The van der Waals surface area contributed by atoms with Crippen molar-refractivity contribution in [2.45, 2.75) is 44.2 Å². The number of fused-ring (bicyclic) bond motifs is 1. The van der Waals surface area contributed by atoms with E-state index in [1.165, 1.54) is 0 Å². The van der Waals surface area contributed by atoms with Crippen molar-refractivity contribution in [2.75, 3.05) is 19.6 Å². The van der Waals surface area contributed by atoms with E-state index in [9.17, 15) is 13.9 Å². The number of piperidine rings is 1. The molecule has 0 amide bonds. The Morgan fingerprint density at radius 1 is 1.20 bits per heavy atom. The number of likely N-dealkylation sites (tertiary alicyclic amines) is 1. The minimum absolute atomic E-state index is 0.0190. The van der Waals surface area contributed by atoms with E-state index >= 15 is 0 Å². The fraction of sp³-hybridized carbons (Fsp3) is 0.556. The van der Waals surface area contributed by atoms with Gasteiger partial charge in [-0.05, 0) is 44.0 Å². The van der Waals surface area contributed by atoms with Gasteiger partial charge in [0.1, 0.15) is 23.3 Å². The van der Waals surface area contributed by atoms with Crippen LogP contribution in [0.25, 0.3) is 0 Å². The molecule has 3 heterocycles.